The van der Waals surface area contributed by atoms with E-state index in [0.717, 1.165) is 52.0 Å². The van der Waals surface area contributed by atoms with Gasteiger partial charge in [-0.15, -0.1) is 0 Å². The van der Waals surface area contributed by atoms with Gasteiger partial charge in [0.25, 0.3) is 5.56 Å². The number of halogens is 1. The van der Waals surface area contributed by atoms with Crippen LogP contribution in [0, 0.1) is 11.7 Å². The lowest BCUT2D eigenvalue weighted by Gasteiger charge is -2.31. The SMILES string of the molecule is CC(=O)N1CCC(COc2cc(F)c3c(=O)[nH]c(CN(C)C4CCOCC4)nc3c2)CC1. The minimum Gasteiger partial charge on any atom is -0.493 e. The van der Waals surface area contributed by atoms with Gasteiger partial charge in [0, 0.05) is 51.4 Å². The van der Waals surface area contributed by atoms with Gasteiger partial charge in [0.15, 0.2) is 0 Å². The Bertz CT molecular complexity index is 1010. The molecule has 0 unspecified atom stereocenters. The Hall–Kier alpha value is -2.52. The summed E-state index contributed by atoms with van der Waals surface area (Å²) in [7, 11) is 2.00. The van der Waals surface area contributed by atoms with Gasteiger partial charge in [0.05, 0.1) is 18.7 Å². The topological polar surface area (TPSA) is 87.8 Å². The zero-order valence-corrected chi connectivity index (χ0v) is 18.7. The molecule has 4 rings (SSSR count). The molecule has 0 saturated carbocycles. The van der Waals surface area contributed by atoms with Crippen LogP contribution >= 0.6 is 0 Å². The third-order valence-corrected chi connectivity index (χ3v) is 6.54. The van der Waals surface area contributed by atoms with Crippen molar-refractivity contribution < 1.29 is 18.7 Å². The number of hydrogen-bond donors (Lipinski definition) is 1. The maximum atomic E-state index is 14.7. The number of piperidine rings is 1. The zero-order chi connectivity index (χ0) is 22.7. The van der Waals surface area contributed by atoms with Crippen LogP contribution in [0.1, 0.15) is 38.4 Å². The summed E-state index contributed by atoms with van der Waals surface area (Å²) in [5, 5.41) is -0.0513. The first-order valence-corrected chi connectivity index (χ1v) is 11.3. The number of carbonyl (C=O) groups is 1. The zero-order valence-electron chi connectivity index (χ0n) is 18.7. The van der Waals surface area contributed by atoms with Crippen LogP contribution in [0.2, 0.25) is 0 Å². The van der Waals surface area contributed by atoms with Crippen molar-refractivity contribution in [2.45, 2.75) is 45.2 Å². The van der Waals surface area contributed by atoms with Crippen LogP contribution in [-0.2, 0) is 16.1 Å². The minimum absolute atomic E-state index is 0.0513. The van der Waals surface area contributed by atoms with Gasteiger partial charge in [-0.2, -0.15) is 0 Å². The van der Waals surface area contributed by atoms with Gasteiger partial charge in [0.1, 0.15) is 22.8 Å². The van der Waals surface area contributed by atoms with Crippen molar-refractivity contribution in [3.63, 3.8) is 0 Å². The third-order valence-electron chi connectivity index (χ3n) is 6.54. The number of benzene rings is 1. The van der Waals surface area contributed by atoms with E-state index in [9.17, 15) is 14.0 Å². The molecule has 1 aromatic carbocycles. The predicted molar refractivity (Wildman–Crippen MR) is 118 cm³/mol. The van der Waals surface area contributed by atoms with Gasteiger partial charge in [-0.05, 0) is 38.6 Å². The second-order valence-electron chi connectivity index (χ2n) is 8.83. The lowest BCUT2D eigenvalue weighted by molar-refractivity contribution is -0.130. The molecule has 9 heteroatoms. The molecule has 32 heavy (non-hydrogen) atoms. The van der Waals surface area contributed by atoms with Gasteiger partial charge < -0.3 is 19.4 Å². The van der Waals surface area contributed by atoms with E-state index in [1.807, 2.05) is 11.9 Å². The van der Waals surface area contributed by atoms with Crippen LogP contribution in [0.3, 0.4) is 0 Å². The number of rotatable bonds is 6. The first-order valence-electron chi connectivity index (χ1n) is 11.3. The Morgan fingerprint density at radius 3 is 2.69 bits per heavy atom. The number of ether oxygens (including phenoxy) is 2. The Labute approximate surface area is 186 Å². The molecule has 2 saturated heterocycles. The smallest absolute Gasteiger partial charge is 0.261 e. The number of carbonyl (C=O) groups excluding carboxylic acids is 1. The highest BCUT2D eigenvalue weighted by molar-refractivity contribution is 5.79. The maximum Gasteiger partial charge on any atom is 0.261 e. The number of nitrogens with zero attached hydrogens (tertiary/aromatic N) is 3. The number of aromatic nitrogens is 2. The normalized spacial score (nSPS) is 18.4. The van der Waals surface area contributed by atoms with Crippen LogP contribution < -0.4 is 10.3 Å². The average Bonchev–Trinajstić information content (AvgIpc) is 2.78. The number of nitrogens with one attached hydrogen (secondary N) is 1. The van der Waals surface area contributed by atoms with Crippen molar-refractivity contribution in [3.05, 3.63) is 34.1 Å². The summed E-state index contributed by atoms with van der Waals surface area (Å²) < 4.78 is 26.0. The predicted octanol–water partition coefficient (Wildman–Crippen LogP) is 2.31. The summed E-state index contributed by atoms with van der Waals surface area (Å²) in [6.07, 6.45) is 3.59. The third kappa shape index (κ3) is 5.27. The quantitative estimate of drug-likeness (QED) is 0.733. The number of aromatic amines is 1. The molecule has 2 aliphatic heterocycles. The van der Waals surface area contributed by atoms with Gasteiger partial charge in [0.2, 0.25) is 5.91 Å². The molecule has 2 aromatic rings. The number of hydrogen-bond acceptors (Lipinski definition) is 6. The summed E-state index contributed by atoms with van der Waals surface area (Å²) >= 11 is 0. The summed E-state index contributed by atoms with van der Waals surface area (Å²) in [6, 6.07) is 3.25. The van der Waals surface area contributed by atoms with Crippen molar-refractivity contribution in [2.75, 3.05) is 40.0 Å². The molecule has 1 amide bonds. The minimum atomic E-state index is -0.637. The molecule has 0 atom stereocenters. The Morgan fingerprint density at radius 1 is 1.28 bits per heavy atom. The Kier molecular flexibility index (Phi) is 7.05. The van der Waals surface area contributed by atoms with Crippen LogP contribution in [0.4, 0.5) is 4.39 Å². The fraction of sp³-hybridized carbons (Fsp3) is 0.609. The molecule has 8 nitrogen and oxygen atoms in total. The largest absolute Gasteiger partial charge is 0.493 e. The van der Waals surface area contributed by atoms with Crippen molar-refractivity contribution in [1.82, 2.24) is 19.8 Å². The number of H-pyrrole nitrogens is 1. The molecule has 0 aliphatic carbocycles. The molecule has 174 valence electrons. The van der Waals surface area contributed by atoms with Crippen LogP contribution in [0.25, 0.3) is 10.9 Å². The molecule has 0 bridgehead atoms. The van der Waals surface area contributed by atoms with E-state index in [1.165, 1.54) is 6.07 Å². The standard InChI is InChI=1S/C23H31FN4O4/c1-15(29)28-7-3-16(4-8-28)14-32-18-11-19(24)22-20(12-18)25-21(26-23(22)30)13-27(2)17-5-9-31-10-6-17/h11-12,16-17H,3-10,13-14H2,1-2H3,(H,25,26,30). The van der Waals surface area contributed by atoms with Crippen LogP contribution in [0.15, 0.2) is 16.9 Å². The van der Waals surface area contributed by atoms with E-state index < -0.39 is 11.4 Å². The molecule has 2 aliphatic rings. The molecular weight excluding hydrogens is 415 g/mol. The van der Waals surface area contributed by atoms with Crippen molar-refractivity contribution in [2.24, 2.45) is 5.92 Å². The summed E-state index contributed by atoms with van der Waals surface area (Å²) in [5.41, 5.74) is -0.184. The molecule has 0 radical (unpaired) electrons. The highest BCUT2D eigenvalue weighted by atomic mass is 19.1. The second kappa shape index (κ2) is 9.95. The second-order valence-corrected chi connectivity index (χ2v) is 8.83. The van der Waals surface area contributed by atoms with Crippen molar-refractivity contribution >= 4 is 16.8 Å². The summed E-state index contributed by atoms with van der Waals surface area (Å²) in [4.78, 5) is 35.2. The van der Waals surface area contributed by atoms with Gasteiger partial charge >= 0.3 is 0 Å². The monoisotopic (exact) mass is 446 g/mol. The van der Waals surface area contributed by atoms with Crippen molar-refractivity contribution in [3.8, 4) is 5.75 Å². The molecule has 1 aromatic heterocycles. The van der Waals surface area contributed by atoms with E-state index in [-0.39, 0.29) is 11.3 Å². The van der Waals surface area contributed by atoms with Crippen LogP contribution in [-0.4, -0.2) is 71.7 Å². The van der Waals surface area contributed by atoms with E-state index >= 15 is 0 Å². The van der Waals surface area contributed by atoms with Gasteiger partial charge in [-0.25, -0.2) is 9.37 Å². The van der Waals surface area contributed by atoms with Gasteiger partial charge in [-0.3, -0.25) is 14.5 Å². The maximum absolute atomic E-state index is 14.7. The Balaban J connectivity index is 1.45. The molecular formula is C23H31FN4O4. The fourth-order valence-electron chi connectivity index (χ4n) is 4.53. The first-order chi connectivity index (χ1) is 15.4. The van der Waals surface area contributed by atoms with E-state index in [2.05, 4.69) is 14.9 Å². The summed E-state index contributed by atoms with van der Waals surface area (Å²) in [6.45, 7) is 5.40. The van der Waals surface area contributed by atoms with E-state index in [1.54, 1.807) is 13.0 Å². The summed E-state index contributed by atoms with van der Waals surface area (Å²) in [5.74, 6) is 0.633. The first kappa shape index (κ1) is 22.7. The number of fused-ring (bicyclic) bond motifs is 1. The molecule has 2 fully saturated rings. The average molecular weight is 447 g/mol. The highest BCUT2D eigenvalue weighted by Crippen LogP contribution is 2.24. The lowest BCUT2D eigenvalue weighted by Crippen LogP contribution is -2.38. The Morgan fingerprint density at radius 2 is 2.00 bits per heavy atom. The fourth-order valence-corrected chi connectivity index (χ4v) is 4.53. The van der Waals surface area contributed by atoms with E-state index in [4.69, 9.17) is 9.47 Å². The lowest BCUT2D eigenvalue weighted by atomic mass is 9.98. The number of amides is 1. The van der Waals surface area contributed by atoms with Gasteiger partial charge in [-0.1, -0.05) is 0 Å². The highest BCUT2D eigenvalue weighted by Gasteiger charge is 2.22. The molecule has 3 heterocycles. The van der Waals surface area contributed by atoms with Crippen molar-refractivity contribution in [1.29, 1.82) is 0 Å². The van der Waals surface area contributed by atoms with Crippen LogP contribution in [0.5, 0.6) is 5.75 Å². The number of likely N-dealkylation sites (tertiary alicyclic amines) is 1. The molecule has 0 spiro atoms. The molecule has 1 N–H and O–H groups in total. The van der Waals surface area contributed by atoms with E-state index in [0.29, 0.717) is 42.2 Å².